The molecule has 0 aliphatic rings. The van der Waals surface area contributed by atoms with Crippen molar-refractivity contribution in [1.29, 1.82) is 0 Å². The van der Waals surface area contributed by atoms with Gasteiger partial charge in [0.15, 0.2) is 0 Å². The molecule has 132 valence electrons. The van der Waals surface area contributed by atoms with E-state index in [0.717, 1.165) is 11.1 Å². The van der Waals surface area contributed by atoms with Gasteiger partial charge in [-0.15, -0.1) is 0 Å². The molecule has 7 heteroatoms. The SMILES string of the molecule is O=C(NCc1ccccc1CO)Nc1ccc(Oc2ncccn2)cc1. The predicted octanol–water partition coefficient (Wildman–Crippen LogP) is 3.08. The van der Waals surface area contributed by atoms with E-state index in [2.05, 4.69) is 20.6 Å². The molecule has 1 aromatic heterocycles. The molecule has 0 fully saturated rings. The quantitative estimate of drug-likeness (QED) is 0.635. The highest BCUT2D eigenvalue weighted by Crippen LogP contribution is 2.19. The molecule has 7 nitrogen and oxygen atoms in total. The van der Waals surface area contributed by atoms with Crippen molar-refractivity contribution in [2.24, 2.45) is 0 Å². The summed E-state index contributed by atoms with van der Waals surface area (Å²) in [6, 6.07) is 15.9. The average Bonchev–Trinajstić information content (AvgIpc) is 2.69. The minimum absolute atomic E-state index is 0.0634. The molecule has 0 aliphatic heterocycles. The molecule has 0 unspecified atom stereocenters. The molecule has 2 aromatic carbocycles. The van der Waals surface area contributed by atoms with E-state index in [9.17, 15) is 9.90 Å². The minimum Gasteiger partial charge on any atom is -0.424 e. The summed E-state index contributed by atoms with van der Waals surface area (Å²) < 4.78 is 5.49. The molecule has 0 saturated heterocycles. The summed E-state index contributed by atoms with van der Waals surface area (Å²) in [6.45, 7) is 0.265. The number of hydrogen-bond acceptors (Lipinski definition) is 5. The van der Waals surface area contributed by atoms with Crippen LogP contribution >= 0.6 is 0 Å². The van der Waals surface area contributed by atoms with Crippen LogP contribution in [0.1, 0.15) is 11.1 Å². The summed E-state index contributed by atoms with van der Waals surface area (Å²) in [5, 5.41) is 14.8. The van der Waals surface area contributed by atoms with Gasteiger partial charge in [-0.3, -0.25) is 0 Å². The Morgan fingerprint density at radius 2 is 1.65 bits per heavy atom. The lowest BCUT2D eigenvalue weighted by molar-refractivity contribution is 0.251. The van der Waals surface area contributed by atoms with E-state index in [0.29, 0.717) is 18.0 Å². The van der Waals surface area contributed by atoms with E-state index in [1.165, 1.54) is 0 Å². The third kappa shape index (κ3) is 4.78. The smallest absolute Gasteiger partial charge is 0.321 e. The van der Waals surface area contributed by atoms with Crippen molar-refractivity contribution in [3.63, 3.8) is 0 Å². The van der Waals surface area contributed by atoms with Gasteiger partial charge in [-0.05, 0) is 41.5 Å². The molecule has 1 heterocycles. The number of aliphatic hydroxyl groups is 1. The van der Waals surface area contributed by atoms with Gasteiger partial charge in [0.25, 0.3) is 0 Å². The number of anilines is 1. The Hall–Kier alpha value is -3.45. The third-order valence-electron chi connectivity index (χ3n) is 3.59. The number of urea groups is 1. The van der Waals surface area contributed by atoms with Gasteiger partial charge in [-0.25, -0.2) is 14.8 Å². The topological polar surface area (TPSA) is 96.4 Å². The standard InChI is InChI=1S/C19H18N4O3/c24-13-15-5-2-1-4-14(15)12-22-18(25)23-16-6-8-17(9-7-16)26-19-20-10-3-11-21-19/h1-11,24H,12-13H2,(H2,22,23,25). The summed E-state index contributed by atoms with van der Waals surface area (Å²) in [5.41, 5.74) is 2.29. The van der Waals surface area contributed by atoms with Crippen molar-refractivity contribution in [1.82, 2.24) is 15.3 Å². The van der Waals surface area contributed by atoms with Crippen LogP contribution < -0.4 is 15.4 Å². The highest BCUT2D eigenvalue weighted by Gasteiger charge is 2.05. The zero-order chi connectivity index (χ0) is 18.2. The summed E-state index contributed by atoms with van der Waals surface area (Å²) >= 11 is 0. The zero-order valence-corrected chi connectivity index (χ0v) is 13.9. The van der Waals surface area contributed by atoms with Gasteiger partial charge < -0.3 is 20.5 Å². The van der Waals surface area contributed by atoms with Gasteiger partial charge in [0.2, 0.25) is 0 Å². The van der Waals surface area contributed by atoms with Crippen molar-refractivity contribution < 1.29 is 14.6 Å². The van der Waals surface area contributed by atoms with Gasteiger partial charge in [0.05, 0.1) is 6.61 Å². The summed E-state index contributed by atoms with van der Waals surface area (Å²) in [6.07, 6.45) is 3.19. The molecule has 26 heavy (non-hydrogen) atoms. The number of amides is 2. The second kappa shape index (κ2) is 8.59. The number of carbonyl (C=O) groups is 1. The fourth-order valence-corrected chi connectivity index (χ4v) is 2.28. The van der Waals surface area contributed by atoms with Crippen LogP contribution in [-0.4, -0.2) is 21.1 Å². The molecular formula is C19H18N4O3. The molecule has 0 aliphatic carbocycles. The van der Waals surface area contributed by atoms with E-state index in [1.54, 1.807) is 42.7 Å². The highest BCUT2D eigenvalue weighted by atomic mass is 16.5. The number of hydrogen-bond donors (Lipinski definition) is 3. The number of aromatic nitrogens is 2. The van der Waals surface area contributed by atoms with Crippen LogP contribution in [0.3, 0.4) is 0 Å². The van der Waals surface area contributed by atoms with Gasteiger partial charge in [0, 0.05) is 24.6 Å². The van der Waals surface area contributed by atoms with Crippen molar-refractivity contribution in [3.8, 4) is 11.8 Å². The number of carbonyl (C=O) groups excluding carboxylic acids is 1. The van der Waals surface area contributed by atoms with E-state index in [-0.39, 0.29) is 18.6 Å². The van der Waals surface area contributed by atoms with Crippen molar-refractivity contribution in [2.75, 3.05) is 5.32 Å². The lowest BCUT2D eigenvalue weighted by atomic mass is 10.1. The first-order valence-electron chi connectivity index (χ1n) is 8.02. The molecule has 0 bridgehead atoms. The molecule has 0 atom stereocenters. The maximum atomic E-state index is 12.0. The van der Waals surface area contributed by atoms with Crippen LogP contribution in [0.2, 0.25) is 0 Å². The molecule has 3 N–H and O–H groups in total. The summed E-state index contributed by atoms with van der Waals surface area (Å²) in [5.74, 6) is 0.569. The molecular weight excluding hydrogens is 332 g/mol. The Morgan fingerprint density at radius 1 is 0.962 bits per heavy atom. The Kier molecular flexibility index (Phi) is 5.74. The lowest BCUT2D eigenvalue weighted by Gasteiger charge is -2.10. The first-order chi connectivity index (χ1) is 12.7. The second-order valence-corrected chi connectivity index (χ2v) is 5.39. The van der Waals surface area contributed by atoms with Crippen LogP contribution in [0.5, 0.6) is 11.8 Å². The Balaban J connectivity index is 1.53. The number of aliphatic hydroxyl groups excluding tert-OH is 1. The molecule has 2 amide bonds. The van der Waals surface area contributed by atoms with Crippen LogP contribution in [-0.2, 0) is 13.2 Å². The van der Waals surface area contributed by atoms with Crippen molar-refractivity contribution >= 4 is 11.7 Å². The summed E-state index contributed by atoms with van der Waals surface area (Å²) in [7, 11) is 0. The molecule has 0 saturated carbocycles. The Morgan fingerprint density at radius 3 is 2.35 bits per heavy atom. The monoisotopic (exact) mass is 350 g/mol. The molecule has 0 radical (unpaired) electrons. The maximum Gasteiger partial charge on any atom is 0.321 e. The molecule has 3 aromatic rings. The second-order valence-electron chi connectivity index (χ2n) is 5.39. The fourth-order valence-electron chi connectivity index (χ4n) is 2.28. The van der Waals surface area contributed by atoms with Crippen LogP contribution in [0.15, 0.2) is 67.0 Å². The van der Waals surface area contributed by atoms with Gasteiger partial charge >= 0.3 is 12.0 Å². The third-order valence-corrected chi connectivity index (χ3v) is 3.59. The summed E-state index contributed by atoms with van der Waals surface area (Å²) in [4.78, 5) is 20.0. The number of rotatable bonds is 6. The van der Waals surface area contributed by atoms with E-state index in [1.807, 2.05) is 24.3 Å². The number of ether oxygens (including phenoxy) is 1. The van der Waals surface area contributed by atoms with E-state index in [4.69, 9.17) is 4.74 Å². The first-order valence-corrected chi connectivity index (χ1v) is 8.02. The van der Waals surface area contributed by atoms with Gasteiger partial charge in [0.1, 0.15) is 5.75 Å². The Labute approximate surface area is 150 Å². The van der Waals surface area contributed by atoms with Gasteiger partial charge in [-0.1, -0.05) is 24.3 Å². The van der Waals surface area contributed by atoms with Crippen molar-refractivity contribution in [3.05, 3.63) is 78.1 Å². The van der Waals surface area contributed by atoms with Crippen molar-refractivity contribution in [2.45, 2.75) is 13.2 Å². The van der Waals surface area contributed by atoms with Crippen LogP contribution in [0, 0.1) is 0 Å². The maximum absolute atomic E-state index is 12.0. The highest BCUT2D eigenvalue weighted by molar-refractivity contribution is 5.89. The Bertz CT molecular complexity index is 854. The number of nitrogens with zero attached hydrogens (tertiary/aromatic N) is 2. The van der Waals surface area contributed by atoms with Crippen LogP contribution in [0.4, 0.5) is 10.5 Å². The van der Waals surface area contributed by atoms with Gasteiger partial charge in [-0.2, -0.15) is 0 Å². The molecule has 0 spiro atoms. The van der Waals surface area contributed by atoms with Crippen LogP contribution in [0.25, 0.3) is 0 Å². The lowest BCUT2D eigenvalue weighted by Crippen LogP contribution is -2.28. The largest absolute Gasteiger partial charge is 0.424 e. The zero-order valence-electron chi connectivity index (χ0n) is 13.9. The first kappa shape index (κ1) is 17.4. The minimum atomic E-state index is -0.335. The number of benzene rings is 2. The fraction of sp³-hybridized carbons (Fsp3) is 0.105. The number of nitrogens with one attached hydrogen (secondary N) is 2. The normalized spacial score (nSPS) is 10.2. The molecule has 3 rings (SSSR count). The van der Waals surface area contributed by atoms with E-state index >= 15 is 0 Å². The average molecular weight is 350 g/mol. The van der Waals surface area contributed by atoms with E-state index < -0.39 is 0 Å². The predicted molar refractivity (Wildman–Crippen MR) is 96.8 cm³/mol.